The Bertz CT molecular complexity index is 518. The third-order valence-electron chi connectivity index (χ3n) is 4.86. The number of rotatable bonds is 2. The Labute approximate surface area is 125 Å². The minimum Gasteiger partial charge on any atom is -0.336 e. The van der Waals surface area contributed by atoms with Gasteiger partial charge in [0.1, 0.15) is 5.82 Å². The molecule has 0 aromatic heterocycles. The number of amides is 1. The van der Waals surface area contributed by atoms with E-state index in [-0.39, 0.29) is 11.7 Å². The van der Waals surface area contributed by atoms with Crippen molar-refractivity contribution in [3.05, 3.63) is 35.1 Å². The average Bonchev–Trinajstić information content (AvgIpc) is 3.01. The summed E-state index contributed by atoms with van der Waals surface area (Å²) in [5, 5.41) is 0. The molecule has 4 heteroatoms. The van der Waals surface area contributed by atoms with E-state index < -0.39 is 0 Å². The van der Waals surface area contributed by atoms with Crippen molar-refractivity contribution < 1.29 is 9.18 Å². The Hall–Kier alpha value is -1.42. The van der Waals surface area contributed by atoms with Gasteiger partial charge in [-0.1, -0.05) is 12.8 Å². The molecular weight excluding hydrogens is 267 g/mol. The van der Waals surface area contributed by atoms with Gasteiger partial charge in [0.15, 0.2) is 0 Å². The highest BCUT2D eigenvalue weighted by molar-refractivity contribution is 5.95. The van der Waals surface area contributed by atoms with Gasteiger partial charge in [-0.2, -0.15) is 0 Å². The Morgan fingerprint density at radius 3 is 2.43 bits per heavy atom. The predicted molar refractivity (Wildman–Crippen MR) is 80.9 cm³/mol. The van der Waals surface area contributed by atoms with E-state index >= 15 is 0 Å². The van der Waals surface area contributed by atoms with Crippen molar-refractivity contribution in [3.63, 3.8) is 0 Å². The van der Waals surface area contributed by atoms with Gasteiger partial charge in [0.05, 0.1) is 0 Å². The molecule has 0 atom stereocenters. The molecule has 1 aromatic carbocycles. The highest BCUT2D eigenvalue weighted by Crippen LogP contribution is 2.24. The first-order valence-corrected chi connectivity index (χ1v) is 7.94. The highest BCUT2D eigenvalue weighted by atomic mass is 19.1. The number of carbonyl (C=O) groups is 1. The first-order chi connectivity index (χ1) is 10.1. The number of piperazine rings is 1. The van der Waals surface area contributed by atoms with Crippen LogP contribution in [0.15, 0.2) is 18.2 Å². The molecule has 1 amide bonds. The molecule has 1 saturated heterocycles. The molecule has 1 heterocycles. The zero-order valence-corrected chi connectivity index (χ0v) is 12.6. The van der Waals surface area contributed by atoms with Crippen molar-refractivity contribution in [3.8, 4) is 0 Å². The van der Waals surface area contributed by atoms with E-state index in [1.54, 1.807) is 13.0 Å². The van der Waals surface area contributed by atoms with E-state index in [2.05, 4.69) is 4.90 Å². The number of halogens is 1. The number of hydrogen-bond donors (Lipinski definition) is 0. The second-order valence-corrected chi connectivity index (χ2v) is 6.23. The molecule has 3 nitrogen and oxygen atoms in total. The molecule has 0 N–H and O–H groups in total. The molecule has 0 spiro atoms. The van der Waals surface area contributed by atoms with E-state index in [1.807, 2.05) is 4.90 Å². The molecule has 114 valence electrons. The third-order valence-corrected chi connectivity index (χ3v) is 4.86. The van der Waals surface area contributed by atoms with Crippen molar-refractivity contribution in [1.82, 2.24) is 9.80 Å². The van der Waals surface area contributed by atoms with Crippen LogP contribution in [0.4, 0.5) is 4.39 Å². The molecule has 0 unspecified atom stereocenters. The minimum atomic E-state index is -0.282. The van der Waals surface area contributed by atoms with Gasteiger partial charge < -0.3 is 4.90 Å². The molecule has 2 aliphatic rings. The van der Waals surface area contributed by atoms with Gasteiger partial charge in [-0.25, -0.2) is 4.39 Å². The lowest BCUT2D eigenvalue weighted by Crippen LogP contribution is -2.51. The fraction of sp³-hybridized carbons (Fsp3) is 0.588. The lowest BCUT2D eigenvalue weighted by Gasteiger charge is -2.38. The molecule has 1 aliphatic heterocycles. The zero-order chi connectivity index (χ0) is 14.8. The Morgan fingerprint density at radius 2 is 1.81 bits per heavy atom. The normalized spacial score (nSPS) is 21.0. The Balaban J connectivity index is 1.62. The quantitative estimate of drug-likeness (QED) is 0.836. The van der Waals surface area contributed by atoms with Gasteiger partial charge in [0, 0.05) is 37.8 Å². The van der Waals surface area contributed by atoms with Crippen molar-refractivity contribution >= 4 is 5.91 Å². The number of aryl methyl sites for hydroxylation is 1. The molecule has 1 aliphatic carbocycles. The second-order valence-electron chi connectivity index (χ2n) is 6.23. The summed E-state index contributed by atoms with van der Waals surface area (Å²) >= 11 is 0. The summed E-state index contributed by atoms with van der Waals surface area (Å²) in [5.41, 5.74) is 1.35. The highest BCUT2D eigenvalue weighted by Gasteiger charge is 2.28. The van der Waals surface area contributed by atoms with Crippen molar-refractivity contribution in [2.75, 3.05) is 26.2 Å². The summed E-state index contributed by atoms with van der Waals surface area (Å²) in [4.78, 5) is 17.0. The number of nitrogens with zero attached hydrogens (tertiary/aromatic N) is 2. The van der Waals surface area contributed by atoms with E-state index in [1.165, 1.54) is 37.8 Å². The lowest BCUT2D eigenvalue weighted by atomic mass is 10.1. The van der Waals surface area contributed by atoms with Gasteiger partial charge in [0.25, 0.3) is 5.91 Å². The Morgan fingerprint density at radius 1 is 1.14 bits per heavy atom. The predicted octanol–water partition coefficient (Wildman–Crippen LogP) is 2.83. The monoisotopic (exact) mass is 290 g/mol. The maximum absolute atomic E-state index is 13.1. The standard InChI is InChI=1S/C17H23FN2O/c1-13-12-14(18)6-7-16(13)17(21)20-10-8-19(9-11-20)15-4-2-3-5-15/h6-7,12,15H,2-5,8-11H2,1H3. The van der Waals surface area contributed by atoms with Crippen LogP contribution in [-0.2, 0) is 0 Å². The average molecular weight is 290 g/mol. The van der Waals surface area contributed by atoms with Crippen LogP contribution in [0.25, 0.3) is 0 Å². The van der Waals surface area contributed by atoms with Crippen molar-refractivity contribution in [1.29, 1.82) is 0 Å². The molecule has 1 aromatic rings. The summed E-state index contributed by atoms with van der Waals surface area (Å²) < 4.78 is 13.1. The van der Waals surface area contributed by atoms with Crippen LogP contribution < -0.4 is 0 Å². The van der Waals surface area contributed by atoms with Crippen LogP contribution in [0, 0.1) is 12.7 Å². The largest absolute Gasteiger partial charge is 0.336 e. The molecule has 1 saturated carbocycles. The van der Waals surface area contributed by atoms with Crippen molar-refractivity contribution in [2.24, 2.45) is 0 Å². The van der Waals surface area contributed by atoms with Crippen LogP contribution in [0.3, 0.4) is 0 Å². The second kappa shape index (κ2) is 6.14. The Kier molecular flexibility index (Phi) is 4.24. The van der Waals surface area contributed by atoms with E-state index in [9.17, 15) is 9.18 Å². The van der Waals surface area contributed by atoms with Gasteiger partial charge in [-0.15, -0.1) is 0 Å². The smallest absolute Gasteiger partial charge is 0.254 e. The fourth-order valence-electron chi connectivity index (χ4n) is 3.60. The first kappa shape index (κ1) is 14.5. The van der Waals surface area contributed by atoms with Crippen LogP contribution >= 0.6 is 0 Å². The molecule has 3 rings (SSSR count). The van der Waals surface area contributed by atoms with Crippen LogP contribution in [0.2, 0.25) is 0 Å². The topological polar surface area (TPSA) is 23.6 Å². The van der Waals surface area contributed by atoms with Gasteiger partial charge in [0.2, 0.25) is 0 Å². The van der Waals surface area contributed by atoms with E-state index in [4.69, 9.17) is 0 Å². The van der Waals surface area contributed by atoms with Crippen molar-refractivity contribution in [2.45, 2.75) is 38.6 Å². The number of carbonyl (C=O) groups excluding carboxylic acids is 1. The molecular formula is C17H23FN2O. The number of benzene rings is 1. The lowest BCUT2D eigenvalue weighted by molar-refractivity contribution is 0.0572. The van der Waals surface area contributed by atoms with E-state index in [0.717, 1.165) is 37.8 Å². The zero-order valence-electron chi connectivity index (χ0n) is 12.6. The molecule has 0 radical (unpaired) electrons. The fourth-order valence-corrected chi connectivity index (χ4v) is 3.60. The summed E-state index contributed by atoms with van der Waals surface area (Å²) in [5.74, 6) is -0.242. The summed E-state index contributed by atoms with van der Waals surface area (Å²) in [6, 6.07) is 5.14. The molecule has 2 fully saturated rings. The molecule has 21 heavy (non-hydrogen) atoms. The van der Waals surface area contributed by atoms with Gasteiger partial charge in [-0.05, 0) is 43.5 Å². The van der Waals surface area contributed by atoms with Gasteiger partial charge in [-0.3, -0.25) is 9.69 Å². The maximum atomic E-state index is 13.1. The maximum Gasteiger partial charge on any atom is 0.254 e. The molecule has 0 bridgehead atoms. The number of hydrogen-bond acceptors (Lipinski definition) is 2. The SMILES string of the molecule is Cc1cc(F)ccc1C(=O)N1CCN(C2CCCC2)CC1. The van der Waals surface area contributed by atoms with E-state index in [0.29, 0.717) is 5.56 Å². The van der Waals surface area contributed by atoms with Crippen LogP contribution in [0.5, 0.6) is 0 Å². The van der Waals surface area contributed by atoms with Crippen LogP contribution in [-0.4, -0.2) is 47.9 Å². The minimum absolute atomic E-state index is 0.0403. The summed E-state index contributed by atoms with van der Waals surface area (Å²) in [7, 11) is 0. The summed E-state index contributed by atoms with van der Waals surface area (Å²) in [6.07, 6.45) is 5.31. The summed E-state index contributed by atoms with van der Waals surface area (Å²) in [6.45, 7) is 5.30. The van der Waals surface area contributed by atoms with Gasteiger partial charge >= 0.3 is 0 Å². The first-order valence-electron chi connectivity index (χ1n) is 7.94. The third kappa shape index (κ3) is 3.10. The van der Waals surface area contributed by atoms with Crippen LogP contribution in [0.1, 0.15) is 41.6 Å².